The number of carbonyl (C=O) groups excluding carboxylic acids is 1. The average molecular weight is 271 g/mol. The zero-order valence-corrected chi connectivity index (χ0v) is 8.79. The van der Waals surface area contributed by atoms with Crippen molar-refractivity contribution in [2.75, 3.05) is 7.11 Å². The van der Waals surface area contributed by atoms with Crippen LogP contribution < -0.4 is 9.47 Å². The highest BCUT2D eigenvalue weighted by Gasteiger charge is 2.36. The van der Waals surface area contributed by atoms with Gasteiger partial charge < -0.3 is 9.47 Å². The minimum absolute atomic E-state index is 0.115. The highest BCUT2D eigenvalue weighted by Crippen LogP contribution is 2.40. The first kappa shape index (κ1) is 14.1. The second-order valence-corrected chi connectivity index (χ2v) is 2.93. The van der Waals surface area contributed by atoms with Gasteiger partial charge >= 0.3 is 6.36 Å². The number of pyridine rings is 1. The largest absolute Gasteiger partial charge is 0.573 e. The third kappa shape index (κ3) is 3.05. The summed E-state index contributed by atoms with van der Waals surface area (Å²) in [5, 5.41) is 0. The van der Waals surface area contributed by atoms with Crippen molar-refractivity contribution < 1.29 is 36.2 Å². The molecule has 0 saturated heterocycles. The van der Waals surface area contributed by atoms with E-state index in [9.17, 15) is 26.7 Å². The Morgan fingerprint density at radius 3 is 2.33 bits per heavy atom. The summed E-state index contributed by atoms with van der Waals surface area (Å²) in [4.78, 5) is 13.6. The van der Waals surface area contributed by atoms with Gasteiger partial charge in [0.2, 0.25) is 0 Å². The number of halogens is 5. The number of aldehydes is 1. The Hall–Kier alpha value is -1.93. The van der Waals surface area contributed by atoms with Gasteiger partial charge in [0.25, 0.3) is 6.43 Å². The van der Waals surface area contributed by atoms with Crippen molar-refractivity contribution in [3.05, 3.63) is 17.5 Å². The quantitative estimate of drug-likeness (QED) is 0.624. The van der Waals surface area contributed by atoms with Crippen LogP contribution in [0.25, 0.3) is 0 Å². The number of hydrogen-bond donors (Lipinski definition) is 0. The Balaban J connectivity index is 3.43. The lowest BCUT2D eigenvalue weighted by Crippen LogP contribution is -2.19. The first-order valence-electron chi connectivity index (χ1n) is 4.36. The van der Waals surface area contributed by atoms with Gasteiger partial charge in [-0.2, -0.15) is 0 Å². The predicted octanol–water partition coefficient (Wildman–Crippen LogP) is 2.74. The highest BCUT2D eigenvalue weighted by atomic mass is 19.4. The van der Waals surface area contributed by atoms with Crippen molar-refractivity contribution in [2.24, 2.45) is 0 Å². The molecule has 1 aromatic rings. The van der Waals surface area contributed by atoms with Gasteiger partial charge in [0, 0.05) is 6.20 Å². The number of methoxy groups -OCH3 is 1. The summed E-state index contributed by atoms with van der Waals surface area (Å²) in [6.07, 6.45) is -7.72. The van der Waals surface area contributed by atoms with E-state index in [1.165, 1.54) is 0 Å². The topological polar surface area (TPSA) is 48.4 Å². The molecule has 1 aromatic heterocycles. The third-order valence-electron chi connectivity index (χ3n) is 1.80. The molecule has 0 atom stereocenters. The molecule has 9 heteroatoms. The molecule has 18 heavy (non-hydrogen) atoms. The molecular weight excluding hydrogens is 265 g/mol. The molecule has 0 aliphatic carbocycles. The first-order chi connectivity index (χ1) is 8.30. The van der Waals surface area contributed by atoms with Crippen LogP contribution in [0.2, 0.25) is 0 Å². The zero-order valence-electron chi connectivity index (χ0n) is 8.79. The molecule has 0 N–H and O–H groups in total. The van der Waals surface area contributed by atoms with Crippen molar-refractivity contribution >= 4 is 6.29 Å². The minimum atomic E-state index is -5.21. The van der Waals surface area contributed by atoms with Gasteiger partial charge in [-0.3, -0.25) is 9.78 Å². The first-order valence-corrected chi connectivity index (χ1v) is 4.36. The van der Waals surface area contributed by atoms with Crippen molar-refractivity contribution in [1.82, 2.24) is 4.98 Å². The second-order valence-electron chi connectivity index (χ2n) is 2.93. The maximum atomic E-state index is 12.5. The standard InChI is InChI=1S/C9H6F5NO3/c1-17-6-4(3-16)2-15-5(8(10)11)7(6)18-9(12,13)14/h2-3,8H,1H3. The molecule has 1 heterocycles. The monoisotopic (exact) mass is 271 g/mol. The molecule has 4 nitrogen and oxygen atoms in total. The molecule has 0 aliphatic heterocycles. The van der Waals surface area contributed by atoms with Gasteiger partial charge in [-0.05, 0) is 0 Å². The zero-order chi connectivity index (χ0) is 13.9. The number of ether oxygens (including phenoxy) is 2. The summed E-state index contributed by atoms with van der Waals surface area (Å²) < 4.78 is 69.2. The van der Waals surface area contributed by atoms with Crippen LogP contribution in [0.5, 0.6) is 11.5 Å². The van der Waals surface area contributed by atoms with E-state index in [-0.39, 0.29) is 6.29 Å². The van der Waals surface area contributed by atoms with E-state index in [2.05, 4.69) is 14.5 Å². The maximum absolute atomic E-state index is 12.5. The van der Waals surface area contributed by atoms with E-state index < -0.39 is 35.5 Å². The van der Waals surface area contributed by atoms with Crippen LogP contribution in [-0.4, -0.2) is 24.7 Å². The van der Waals surface area contributed by atoms with Crippen molar-refractivity contribution in [1.29, 1.82) is 0 Å². The summed E-state index contributed by atoms with van der Waals surface area (Å²) >= 11 is 0. The lowest BCUT2D eigenvalue weighted by molar-refractivity contribution is -0.275. The average Bonchev–Trinajstić information content (AvgIpc) is 2.25. The molecule has 0 fully saturated rings. The minimum Gasteiger partial charge on any atom is -0.492 e. The SMILES string of the molecule is COc1c(C=O)cnc(C(F)F)c1OC(F)(F)F. The van der Waals surface area contributed by atoms with E-state index in [4.69, 9.17) is 0 Å². The highest BCUT2D eigenvalue weighted by molar-refractivity contribution is 5.81. The lowest BCUT2D eigenvalue weighted by Gasteiger charge is -2.16. The summed E-state index contributed by atoms with van der Waals surface area (Å²) in [5.41, 5.74) is -1.68. The van der Waals surface area contributed by atoms with Crippen LogP contribution in [0.3, 0.4) is 0 Å². The van der Waals surface area contributed by atoms with Crippen molar-refractivity contribution in [2.45, 2.75) is 12.8 Å². The van der Waals surface area contributed by atoms with Gasteiger partial charge in [-0.1, -0.05) is 0 Å². The number of rotatable bonds is 4. The smallest absolute Gasteiger partial charge is 0.492 e. The molecule has 0 aliphatic rings. The Bertz CT molecular complexity index is 447. The van der Waals surface area contributed by atoms with Crippen molar-refractivity contribution in [3.8, 4) is 11.5 Å². The van der Waals surface area contributed by atoms with E-state index in [0.717, 1.165) is 7.11 Å². The molecule has 0 unspecified atom stereocenters. The molecule has 0 amide bonds. The second kappa shape index (κ2) is 5.15. The van der Waals surface area contributed by atoms with Crippen LogP contribution in [0.4, 0.5) is 22.0 Å². The maximum Gasteiger partial charge on any atom is 0.573 e. The van der Waals surface area contributed by atoms with Gasteiger partial charge in [-0.25, -0.2) is 8.78 Å². The lowest BCUT2D eigenvalue weighted by atomic mass is 10.2. The van der Waals surface area contributed by atoms with Crippen molar-refractivity contribution in [3.63, 3.8) is 0 Å². The van der Waals surface area contributed by atoms with E-state index in [1.807, 2.05) is 0 Å². The Morgan fingerprint density at radius 2 is 1.94 bits per heavy atom. The molecule has 0 radical (unpaired) electrons. The fourth-order valence-corrected chi connectivity index (χ4v) is 1.17. The van der Waals surface area contributed by atoms with E-state index >= 15 is 0 Å². The van der Waals surface area contributed by atoms with Gasteiger partial charge in [0.15, 0.2) is 23.5 Å². The number of alkyl halides is 5. The molecule has 100 valence electrons. The van der Waals surface area contributed by atoms with Crippen LogP contribution >= 0.6 is 0 Å². The summed E-state index contributed by atoms with van der Waals surface area (Å²) in [6.45, 7) is 0. The molecular formula is C9H6F5NO3. The number of carbonyl (C=O) groups is 1. The number of aromatic nitrogens is 1. The van der Waals surface area contributed by atoms with Gasteiger partial charge in [-0.15, -0.1) is 13.2 Å². The predicted molar refractivity (Wildman–Crippen MR) is 47.8 cm³/mol. The summed E-state index contributed by atoms with van der Waals surface area (Å²) in [7, 11) is 0.917. The Morgan fingerprint density at radius 1 is 1.33 bits per heavy atom. The fraction of sp³-hybridized carbons (Fsp3) is 0.333. The third-order valence-corrected chi connectivity index (χ3v) is 1.80. The Kier molecular flexibility index (Phi) is 4.04. The molecule has 1 rings (SSSR count). The summed E-state index contributed by atoms with van der Waals surface area (Å²) in [6, 6.07) is 0. The number of hydrogen-bond acceptors (Lipinski definition) is 4. The molecule has 0 bridgehead atoms. The van der Waals surface area contributed by atoms with E-state index in [0.29, 0.717) is 6.20 Å². The van der Waals surface area contributed by atoms with E-state index in [1.54, 1.807) is 0 Å². The Labute approximate surface area is 97.3 Å². The van der Waals surface area contributed by atoms with Crippen LogP contribution in [0.15, 0.2) is 6.20 Å². The summed E-state index contributed by atoms with van der Waals surface area (Å²) in [5.74, 6) is -2.06. The molecule has 0 saturated carbocycles. The number of nitrogens with zero attached hydrogens (tertiary/aromatic N) is 1. The molecule has 0 aromatic carbocycles. The fourth-order valence-electron chi connectivity index (χ4n) is 1.17. The normalized spacial score (nSPS) is 11.5. The van der Waals surface area contributed by atoms with Crippen LogP contribution in [-0.2, 0) is 0 Å². The van der Waals surface area contributed by atoms with Crippen LogP contribution in [0, 0.1) is 0 Å². The van der Waals surface area contributed by atoms with Gasteiger partial charge in [0.05, 0.1) is 12.7 Å². The van der Waals surface area contributed by atoms with Gasteiger partial charge in [0.1, 0.15) is 0 Å². The van der Waals surface area contributed by atoms with Crippen LogP contribution in [0.1, 0.15) is 22.5 Å². The molecule has 0 spiro atoms.